The Balaban J connectivity index is 1.46. The van der Waals surface area contributed by atoms with Crippen molar-refractivity contribution in [3.8, 4) is 0 Å². The van der Waals surface area contributed by atoms with E-state index in [2.05, 4.69) is 31.2 Å². The number of hydrogen-bond acceptors (Lipinski definition) is 8. The number of benzene rings is 1. The fourth-order valence-electron chi connectivity index (χ4n) is 4.92. The van der Waals surface area contributed by atoms with Gasteiger partial charge in [0.15, 0.2) is 0 Å². The summed E-state index contributed by atoms with van der Waals surface area (Å²) in [5.74, 6) is -1.93. The Morgan fingerprint density at radius 3 is 2.62 bits per heavy atom. The molecule has 4 amide bonds. The minimum atomic E-state index is -0.915. The lowest BCUT2D eigenvalue weighted by Crippen LogP contribution is -2.58. The Hall–Kier alpha value is -4.13. The normalized spacial score (nSPS) is 24.0. The zero-order chi connectivity index (χ0) is 27.5. The average Bonchev–Trinajstić information content (AvgIpc) is 3.70. The molecule has 4 heterocycles. The number of fused-ring (bicyclic) bond motifs is 5. The van der Waals surface area contributed by atoms with Crippen LogP contribution < -0.4 is 16.0 Å². The van der Waals surface area contributed by atoms with Crippen molar-refractivity contribution >= 4 is 35.0 Å². The number of carbonyl (C=O) groups is 4. The van der Waals surface area contributed by atoms with Crippen LogP contribution in [0.5, 0.6) is 0 Å². The lowest BCUT2D eigenvalue weighted by Gasteiger charge is -2.28. The predicted molar refractivity (Wildman–Crippen MR) is 141 cm³/mol. The Morgan fingerprint density at radius 2 is 1.90 bits per heavy atom. The van der Waals surface area contributed by atoms with Crippen molar-refractivity contribution in [2.75, 3.05) is 6.54 Å². The van der Waals surface area contributed by atoms with Crippen molar-refractivity contribution in [1.29, 1.82) is 0 Å². The Bertz CT molecular complexity index is 1340. The Labute approximate surface area is 229 Å². The fourth-order valence-corrected chi connectivity index (χ4v) is 5.45. The van der Waals surface area contributed by atoms with Crippen molar-refractivity contribution in [2.24, 2.45) is 5.92 Å². The molecular weight excluding hydrogens is 520 g/mol. The van der Waals surface area contributed by atoms with E-state index in [4.69, 9.17) is 0 Å². The molecule has 5 rings (SSSR count). The van der Waals surface area contributed by atoms with Gasteiger partial charge in [-0.15, -0.1) is 16.4 Å². The first-order valence-corrected chi connectivity index (χ1v) is 13.8. The third-order valence-corrected chi connectivity index (χ3v) is 7.62. The topological polar surface area (TPSA) is 151 Å². The summed E-state index contributed by atoms with van der Waals surface area (Å²) in [4.78, 5) is 59.2. The minimum absolute atomic E-state index is 0.113. The molecule has 3 aromatic rings. The van der Waals surface area contributed by atoms with Crippen LogP contribution in [0.25, 0.3) is 0 Å². The molecule has 0 radical (unpaired) electrons. The molecule has 2 aromatic heterocycles. The second-order valence-corrected chi connectivity index (χ2v) is 10.8. The number of aromatic nitrogens is 4. The van der Waals surface area contributed by atoms with Crippen LogP contribution in [0.3, 0.4) is 0 Å². The van der Waals surface area contributed by atoms with Gasteiger partial charge >= 0.3 is 0 Å². The summed E-state index contributed by atoms with van der Waals surface area (Å²) in [7, 11) is 0. The molecule has 0 unspecified atom stereocenters. The van der Waals surface area contributed by atoms with Crippen molar-refractivity contribution < 1.29 is 19.2 Å². The molecule has 0 spiro atoms. The van der Waals surface area contributed by atoms with Crippen LogP contribution in [-0.4, -0.2) is 73.2 Å². The van der Waals surface area contributed by atoms with Crippen LogP contribution >= 0.6 is 11.3 Å². The third-order valence-electron chi connectivity index (χ3n) is 7.03. The average molecular weight is 551 g/mol. The summed E-state index contributed by atoms with van der Waals surface area (Å²) in [5.41, 5.74) is 3.22. The second-order valence-electron chi connectivity index (χ2n) is 10.1. The van der Waals surface area contributed by atoms with Crippen LogP contribution in [0, 0.1) is 5.92 Å². The minimum Gasteiger partial charge on any atom is -0.349 e. The summed E-state index contributed by atoms with van der Waals surface area (Å²) in [6, 6.07) is 6.43. The second kappa shape index (κ2) is 11.3. The third kappa shape index (κ3) is 5.82. The maximum atomic E-state index is 13.6. The molecule has 12 nitrogen and oxygen atoms in total. The van der Waals surface area contributed by atoms with Gasteiger partial charge in [-0.05, 0) is 11.5 Å². The molecule has 4 atom stereocenters. The molecular formula is C26H30N8O4S. The van der Waals surface area contributed by atoms with Crippen LogP contribution in [0.2, 0.25) is 0 Å². The van der Waals surface area contributed by atoms with Gasteiger partial charge in [-0.3, -0.25) is 19.2 Å². The van der Waals surface area contributed by atoms with E-state index in [1.54, 1.807) is 21.8 Å². The number of rotatable bonds is 4. The summed E-state index contributed by atoms with van der Waals surface area (Å²) < 4.78 is 1.63. The molecule has 1 aromatic carbocycles. The summed E-state index contributed by atoms with van der Waals surface area (Å²) in [6.45, 7) is 3.97. The van der Waals surface area contributed by atoms with E-state index in [-0.39, 0.29) is 49.0 Å². The van der Waals surface area contributed by atoms with E-state index in [0.29, 0.717) is 12.1 Å². The zero-order valence-corrected chi connectivity index (χ0v) is 22.4. The van der Waals surface area contributed by atoms with Gasteiger partial charge in [-0.2, -0.15) is 0 Å². The van der Waals surface area contributed by atoms with E-state index in [1.807, 2.05) is 44.2 Å². The van der Waals surface area contributed by atoms with Gasteiger partial charge in [0.1, 0.15) is 29.5 Å². The van der Waals surface area contributed by atoms with Gasteiger partial charge in [0.05, 0.1) is 24.3 Å². The molecule has 39 heavy (non-hydrogen) atoms. The molecule has 1 fully saturated rings. The van der Waals surface area contributed by atoms with Crippen LogP contribution in [-0.2, 0) is 27.3 Å². The number of nitrogens with one attached hydrogen (secondary N) is 3. The van der Waals surface area contributed by atoms with E-state index in [9.17, 15) is 19.2 Å². The highest BCUT2D eigenvalue weighted by molar-refractivity contribution is 7.07. The van der Waals surface area contributed by atoms with Crippen LogP contribution in [0.15, 0.2) is 47.4 Å². The molecule has 13 heteroatoms. The largest absolute Gasteiger partial charge is 0.349 e. The smallest absolute Gasteiger partial charge is 0.274 e. The van der Waals surface area contributed by atoms with Gasteiger partial charge in [0.2, 0.25) is 17.7 Å². The first-order valence-electron chi connectivity index (χ1n) is 12.8. The Kier molecular flexibility index (Phi) is 7.68. The SMILES string of the molecule is CC(C)[C@@H]1NC(=O)[C@@H]2C[C@@H](CN2C(=O)c2cscn2)n2cc(nn2)CNC(=O)[C@@H](Cc2ccccc2)NC1=O. The zero-order valence-electron chi connectivity index (χ0n) is 21.6. The van der Waals surface area contributed by atoms with Crippen LogP contribution in [0.1, 0.15) is 48.1 Å². The first-order chi connectivity index (χ1) is 18.8. The summed E-state index contributed by atoms with van der Waals surface area (Å²) in [5, 5.41) is 18.6. The van der Waals surface area contributed by atoms with E-state index in [1.165, 1.54) is 16.2 Å². The van der Waals surface area contributed by atoms with Crippen molar-refractivity contribution in [3.63, 3.8) is 0 Å². The molecule has 1 saturated heterocycles. The standard InChI is InChI=1S/C26H30N8O4S/c1-15(2)22-25(37)29-19(8-16-6-4-3-5-7-16)23(35)27-10-17-11-34(32-31-17)18-9-21(24(36)30-22)33(12-18)26(38)20-13-39-14-28-20/h3-7,11,13-15,18-19,21-22H,8-10,12H2,1-2H3,(H,27,35)(H,29,37)(H,30,36)/t18-,19+,21-,22-/m0/s1. The van der Waals surface area contributed by atoms with Gasteiger partial charge in [0.25, 0.3) is 5.91 Å². The quantitative estimate of drug-likeness (QED) is 0.432. The highest BCUT2D eigenvalue weighted by Gasteiger charge is 2.43. The van der Waals surface area contributed by atoms with Gasteiger partial charge in [-0.25, -0.2) is 9.67 Å². The van der Waals surface area contributed by atoms with Crippen LogP contribution in [0.4, 0.5) is 0 Å². The maximum Gasteiger partial charge on any atom is 0.274 e. The van der Waals surface area contributed by atoms with E-state index >= 15 is 0 Å². The lowest BCUT2D eigenvalue weighted by atomic mass is 10.00. The number of carbonyl (C=O) groups excluding carboxylic acids is 4. The molecule has 2 aliphatic rings. The summed E-state index contributed by atoms with van der Waals surface area (Å²) in [6.07, 6.45) is 2.27. The monoisotopic (exact) mass is 550 g/mol. The maximum absolute atomic E-state index is 13.6. The number of likely N-dealkylation sites (tertiary alicyclic amines) is 1. The van der Waals surface area contributed by atoms with Gasteiger partial charge < -0.3 is 20.9 Å². The molecule has 204 valence electrons. The summed E-state index contributed by atoms with van der Waals surface area (Å²) >= 11 is 1.30. The number of thiazole rings is 1. The number of nitrogens with zero attached hydrogens (tertiary/aromatic N) is 5. The fraction of sp³-hybridized carbons (Fsp3) is 0.423. The van der Waals surface area contributed by atoms with Gasteiger partial charge in [-0.1, -0.05) is 49.4 Å². The number of amides is 4. The predicted octanol–water partition coefficient (Wildman–Crippen LogP) is 0.689. The molecule has 0 saturated carbocycles. The Morgan fingerprint density at radius 1 is 1.10 bits per heavy atom. The van der Waals surface area contributed by atoms with E-state index in [0.717, 1.165) is 5.56 Å². The molecule has 2 aliphatic heterocycles. The highest BCUT2D eigenvalue weighted by Crippen LogP contribution is 2.29. The van der Waals surface area contributed by atoms with Crippen molar-refractivity contribution in [2.45, 2.75) is 57.4 Å². The lowest BCUT2D eigenvalue weighted by molar-refractivity contribution is -0.134. The van der Waals surface area contributed by atoms with Crippen molar-refractivity contribution in [1.82, 2.24) is 40.8 Å². The van der Waals surface area contributed by atoms with E-state index < -0.39 is 29.9 Å². The highest BCUT2D eigenvalue weighted by atomic mass is 32.1. The van der Waals surface area contributed by atoms with Crippen molar-refractivity contribution in [3.05, 3.63) is 64.4 Å². The molecule has 4 bridgehead atoms. The molecule has 3 N–H and O–H groups in total. The van der Waals surface area contributed by atoms with Gasteiger partial charge in [0, 0.05) is 24.8 Å². The number of hydrogen-bond donors (Lipinski definition) is 3. The first kappa shape index (κ1) is 26.5. The molecule has 0 aliphatic carbocycles.